The van der Waals surface area contributed by atoms with Crippen LogP contribution in [0.5, 0.6) is 11.6 Å². The lowest BCUT2D eigenvalue weighted by Gasteiger charge is -2.38. The van der Waals surface area contributed by atoms with Crippen LogP contribution in [0.15, 0.2) is 48.7 Å². The Hall–Kier alpha value is -2.11. The maximum atomic E-state index is 6.20. The molecule has 1 spiro atoms. The average Bonchev–Trinajstić information content (AvgIpc) is 3.07. The number of rotatable bonds is 5. The van der Waals surface area contributed by atoms with E-state index in [1.54, 1.807) is 13.3 Å². The lowest BCUT2D eigenvalue weighted by atomic mass is 9.88. The highest BCUT2D eigenvalue weighted by atomic mass is 16.6. The van der Waals surface area contributed by atoms with Crippen LogP contribution < -0.4 is 9.47 Å². The third-order valence-electron chi connectivity index (χ3n) is 5.43. The van der Waals surface area contributed by atoms with Gasteiger partial charge in [0.2, 0.25) is 5.88 Å². The van der Waals surface area contributed by atoms with Gasteiger partial charge in [-0.15, -0.1) is 0 Å². The van der Waals surface area contributed by atoms with Crippen molar-refractivity contribution in [3.05, 3.63) is 54.2 Å². The van der Waals surface area contributed by atoms with E-state index in [4.69, 9.17) is 14.2 Å². The summed E-state index contributed by atoms with van der Waals surface area (Å²) in [6, 6.07) is 14.1. The lowest BCUT2D eigenvalue weighted by Crippen LogP contribution is -2.44. The summed E-state index contributed by atoms with van der Waals surface area (Å²) >= 11 is 0. The molecule has 5 heteroatoms. The van der Waals surface area contributed by atoms with Crippen LogP contribution in [0.2, 0.25) is 0 Å². The van der Waals surface area contributed by atoms with Crippen LogP contribution in [-0.2, 0) is 11.3 Å². The van der Waals surface area contributed by atoms with Crippen LogP contribution in [0, 0.1) is 0 Å². The molecule has 2 aromatic rings. The van der Waals surface area contributed by atoms with Crippen molar-refractivity contribution in [1.29, 1.82) is 0 Å². The predicted octanol–water partition coefficient (Wildman–Crippen LogP) is 3.29. The summed E-state index contributed by atoms with van der Waals surface area (Å²) in [5.74, 6) is 1.60. The summed E-state index contributed by atoms with van der Waals surface area (Å²) in [5, 5.41) is 0. The van der Waals surface area contributed by atoms with Gasteiger partial charge in [0.05, 0.1) is 19.3 Å². The third kappa shape index (κ3) is 4.00. The van der Waals surface area contributed by atoms with E-state index in [9.17, 15) is 0 Å². The molecule has 0 amide bonds. The topological polar surface area (TPSA) is 43.8 Å². The van der Waals surface area contributed by atoms with E-state index in [1.165, 1.54) is 5.56 Å². The van der Waals surface area contributed by atoms with Crippen molar-refractivity contribution in [2.75, 3.05) is 26.8 Å². The fourth-order valence-electron chi connectivity index (χ4n) is 3.92. The molecule has 0 bridgehead atoms. The molecule has 2 saturated heterocycles. The summed E-state index contributed by atoms with van der Waals surface area (Å²) in [6.45, 7) is 3.76. The Kier molecular flexibility index (Phi) is 5.09. The minimum atomic E-state index is -0.0180. The first kappa shape index (κ1) is 17.3. The van der Waals surface area contributed by atoms with E-state index in [0.717, 1.165) is 44.6 Å². The van der Waals surface area contributed by atoms with E-state index in [-0.39, 0.29) is 11.7 Å². The molecule has 3 heterocycles. The van der Waals surface area contributed by atoms with Gasteiger partial charge in [-0.3, -0.25) is 4.90 Å². The molecule has 1 aromatic heterocycles. The Balaban J connectivity index is 1.28. The zero-order valence-corrected chi connectivity index (χ0v) is 15.3. The molecule has 0 radical (unpaired) electrons. The van der Waals surface area contributed by atoms with Gasteiger partial charge in [0.15, 0.2) is 0 Å². The summed E-state index contributed by atoms with van der Waals surface area (Å²) in [7, 11) is 1.70. The minimum absolute atomic E-state index is 0.0180. The number of aromatic nitrogens is 1. The number of likely N-dealkylation sites (tertiary alicyclic amines) is 1. The SMILES string of the molecule is COc1ccc(CN2CCC3(CC2)CC(Oc2ccccn2)CO3)cc1. The molecular weight excluding hydrogens is 328 g/mol. The molecule has 2 aliphatic heterocycles. The molecule has 2 aliphatic rings. The molecule has 5 nitrogen and oxygen atoms in total. The van der Waals surface area contributed by atoms with Crippen LogP contribution >= 0.6 is 0 Å². The first-order valence-electron chi connectivity index (χ1n) is 9.32. The zero-order chi connectivity index (χ0) is 17.8. The van der Waals surface area contributed by atoms with Crippen molar-refractivity contribution in [2.45, 2.75) is 37.5 Å². The quantitative estimate of drug-likeness (QED) is 0.824. The zero-order valence-electron chi connectivity index (χ0n) is 15.3. The fourth-order valence-corrected chi connectivity index (χ4v) is 3.92. The van der Waals surface area contributed by atoms with Gasteiger partial charge < -0.3 is 14.2 Å². The molecule has 1 atom stereocenters. The van der Waals surface area contributed by atoms with Crippen molar-refractivity contribution in [2.24, 2.45) is 0 Å². The van der Waals surface area contributed by atoms with Crippen molar-refractivity contribution in [3.63, 3.8) is 0 Å². The maximum Gasteiger partial charge on any atom is 0.213 e. The van der Waals surface area contributed by atoms with Crippen LogP contribution in [0.4, 0.5) is 0 Å². The molecule has 26 heavy (non-hydrogen) atoms. The van der Waals surface area contributed by atoms with Gasteiger partial charge in [-0.25, -0.2) is 4.98 Å². The molecule has 1 unspecified atom stereocenters. The van der Waals surface area contributed by atoms with Crippen molar-refractivity contribution in [3.8, 4) is 11.6 Å². The third-order valence-corrected chi connectivity index (χ3v) is 5.43. The van der Waals surface area contributed by atoms with Crippen LogP contribution in [0.3, 0.4) is 0 Å². The smallest absolute Gasteiger partial charge is 0.213 e. The minimum Gasteiger partial charge on any atom is -0.497 e. The second-order valence-electron chi connectivity index (χ2n) is 7.23. The first-order chi connectivity index (χ1) is 12.7. The standard InChI is InChI=1S/C21H26N2O3/c1-24-18-7-5-17(6-8-18)15-23-12-9-21(10-13-23)14-19(16-25-21)26-20-4-2-3-11-22-20/h2-8,11,19H,9-10,12-16H2,1H3. The predicted molar refractivity (Wildman–Crippen MR) is 99.5 cm³/mol. The number of hydrogen-bond acceptors (Lipinski definition) is 5. The number of pyridine rings is 1. The van der Waals surface area contributed by atoms with Crippen LogP contribution in [0.1, 0.15) is 24.8 Å². The number of piperidine rings is 1. The van der Waals surface area contributed by atoms with Gasteiger partial charge in [-0.2, -0.15) is 0 Å². The number of ether oxygens (including phenoxy) is 3. The molecule has 1 aromatic carbocycles. The largest absolute Gasteiger partial charge is 0.497 e. The molecule has 4 rings (SSSR count). The van der Waals surface area contributed by atoms with Gasteiger partial charge in [0.1, 0.15) is 11.9 Å². The summed E-state index contributed by atoms with van der Waals surface area (Å²) in [5.41, 5.74) is 1.31. The fraction of sp³-hybridized carbons (Fsp3) is 0.476. The monoisotopic (exact) mass is 354 g/mol. The highest BCUT2D eigenvalue weighted by molar-refractivity contribution is 5.27. The molecular formula is C21H26N2O3. The lowest BCUT2D eigenvalue weighted by molar-refractivity contribution is -0.0455. The molecule has 138 valence electrons. The summed E-state index contributed by atoms with van der Waals surface area (Å²) in [4.78, 5) is 6.76. The Morgan fingerprint density at radius 2 is 1.96 bits per heavy atom. The van der Waals surface area contributed by atoms with E-state index >= 15 is 0 Å². The number of methoxy groups -OCH3 is 1. The normalized spacial score (nSPS) is 22.4. The molecule has 0 aliphatic carbocycles. The Labute approximate surface area is 154 Å². The number of hydrogen-bond donors (Lipinski definition) is 0. The second kappa shape index (κ2) is 7.64. The maximum absolute atomic E-state index is 6.20. The Morgan fingerprint density at radius 3 is 2.65 bits per heavy atom. The Bertz CT molecular complexity index is 697. The van der Waals surface area contributed by atoms with E-state index in [1.807, 2.05) is 30.3 Å². The number of nitrogens with zero attached hydrogens (tertiary/aromatic N) is 2. The molecule has 0 saturated carbocycles. The highest BCUT2D eigenvalue weighted by Gasteiger charge is 2.43. The van der Waals surface area contributed by atoms with E-state index < -0.39 is 0 Å². The Morgan fingerprint density at radius 1 is 1.15 bits per heavy atom. The van der Waals surface area contributed by atoms with E-state index in [2.05, 4.69) is 22.0 Å². The summed E-state index contributed by atoms with van der Waals surface area (Å²) in [6.07, 6.45) is 4.95. The van der Waals surface area contributed by atoms with Crippen molar-refractivity contribution < 1.29 is 14.2 Å². The molecule has 0 N–H and O–H groups in total. The number of benzene rings is 1. The van der Waals surface area contributed by atoms with Crippen LogP contribution in [-0.4, -0.2) is 48.4 Å². The second-order valence-corrected chi connectivity index (χ2v) is 7.23. The average molecular weight is 354 g/mol. The van der Waals surface area contributed by atoms with Gasteiger partial charge in [-0.1, -0.05) is 18.2 Å². The highest BCUT2D eigenvalue weighted by Crippen LogP contribution is 2.37. The summed E-state index contributed by atoms with van der Waals surface area (Å²) < 4.78 is 17.4. The van der Waals surface area contributed by atoms with Gasteiger partial charge in [0.25, 0.3) is 0 Å². The van der Waals surface area contributed by atoms with Crippen molar-refractivity contribution in [1.82, 2.24) is 9.88 Å². The van der Waals surface area contributed by atoms with E-state index in [0.29, 0.717) is 12.5 Å². The first-order valence-corrected chi connectivity index (χ1v) is 9.32. The van der Waals surface area contributed by atoms with Gasteiger partial charge >= 0.3 is 0 Å². The molecule has 2 fully saturated rings. The van der Waals surface area contributed by atoms with Gasteiger partial charge in [0, 0.05) is 38.3 Å². The van der Waals surface area contributed by atoms with Crippen LogP contribution in [0.25, 0.3) is 0 Å². The van der Waals surface area contributed by atoms with Crippen molar-refractivity contribution >= 4 is 0 Å². The van der Waals surface area contributed by atoms with Gasteiger partial charge in [-0.05, 0) is 36.6 Å².